The lowest BCUT2D eigenvalue weighted by molar-refractivity contribution is -0.132. The largest absolute Gasteiger partial charge is 0.493 e. The fourth-order valence-corrected chi connectivity index (χ4v) is 4.58. The van der Waals surface area contributed by atoms with Crippen molar-refractivity contribution < 1.29 is 9.53 Å². The number of carbonyl (C=O) groups is 1. The van der Waals surface area contributed by atoms with E-state index in [1.54, 1.807) is 23.3 Å². The number of anilines is 1. The summed E-state index contributed by atoms with van der Waals surface area (Å²) in [6.07, 6.45) is 5.16. The van der Waals surface area contributed by atoms with Crippen LogP contribution in [0.25, 0.3) is 22.6 Å². The number of amides is 1. The molecule has 1 amide bonds. The van der Waals surface area contributed by atoms with Gasteiger partial charge in [-0.05, 0) is 53.8 Å². The summed E-state index contributed by atoms with van der Waals surface area (Å²) in [6, 6.07) is 10.1. The number of pyridine rings is 1. The van der Waals surface area contributed by atoms with Crippen LogP contribution in [0.5, 0.6) is 5.75 Å². The number of benzene rings is 1. The first-order chi connectivity index (χ1) is 16.1. The number of hydrogen-bond donors (Lipinski definition) is 1. The zero-order valence-corrected chi connectivity index (χ0v) is 20.4. The van der Waals surface area contributed by atoms with Crippen molar-refractivity contribution in [3.8, 4) is 17.3 Å². The molecule has 0 bridgehead atoms. The number of hydrogen-bond acceptors (Lipinski definition) is 6. The van der Waals surface area contributed by atoms with Gasteiger partial charge in [0.2, 0.25) is 5.91 Å². The van der Waals surface area contributed by atoms with Gasteiger partial charge in [0, 0.05) is 56.5 Å². The molecular formula is C23H24IN7O2. The average Bonchev–Trinajstić information content (AvgIpc) is 3.49. The van der Waals surface area contributed by atoms with Crippen LogP contribution in [-0.2, 0) is 11.3 Å². The smallest absolute Gasteiger partial charge is 0.244 e. The fourth-order valence-electron chi connectivity index (χ4n) is 4.09. The van der Waals surface area contributed by atoms with Crippen LogP contribution in [0.3, 0.4) is 0 Å². The van der Waals surface area contributed by atoms with E-state index >= 15 is 0 Å². The number of carbonyl (C=O) groups excluding carboxylic acids is 1. The molecule has 1 N–H and O–H groups in total. The van der Waals surface area contributed by atoms with E-state index in [1.165, 1.54) is 0 Å². The summed E-state index contributed by atoms with van der Waals surface area (Å²) in [5.41, 5.74) is 2.50. The molecule has 0 atom stereocenters. The Morgan fingerprint density at radius 2 is 2.00 bits per heavy atom. The number of rotatable bonds is 6. The average molecular weight is 557 g/mol. The Kier molecular flexibility index (Phi) is 6.16. The molecule has 1 saturated heterocycles. The molecule has 170 valence electrons. The first kappa shape index (κ1) is 21.7. The van der Waals surface area contributed by atoms with Crippen LogP contribution >= 0.6 is 22.6 Å². The predicted molar refractivity (Wildman–Crippen MR) is 134 cm³/mol. The molecule has 0 radical (unpaired) electrons. The molecule has 3 aromatic heterocycles. The maximum atomic E-state index is 13.1. The number of aromatic amines is 1. The van der Waals surface area contributed by atoms with E-state index in [2.05, 4.69) is 65.7 Å². The summed E-state index contributed by atoms with van der Waals surface area (Å²) in [6.45, 7) is 5.63. The van der Waals surface area contributed by atoms with Gasteiger partial charge in [0.15, 0.2) is 11.5 Å². The summed E-state index contributed by atoms with van der Waals surface area (Å²) in [4.78, 5) is 29.2. The summed E-state index contributed by atoms with van der Waals surface area (Å²) < 4.78 is 8.51. The molecule has 4 heterocycles. The summed E-state index contributed by atoms with van der Waals surface area (Å²) in [5.74, 6) is 1.60. The van der Waals surface area contributed by atoms with Gasteiger partial charge >= 0.3 is 0 Å². The Hall–Kier alpha value is -3.15. The van der Waals surface area contributed by atoms with Gasteiger partial charge in [-0.15, -0.1) is 0 Å². The Morgan fingerprint density at radius 1 is 1.15 bits per heavy atom. The van der Waals surface area contributed by atoms with Gasteiger partial charge in [-0.1, -0.05) is 0 Å². The predicted octanol–water partition coefficient (Wildman–Crippen LogP) is 3.17. The quantitative estimate of drug-likeness (QED) is 0.367. The second-order valence-electron chi connectivity index (χ2n) is 7.73. The number of H-pyrrole nitrogens is 1. The number of halogens is 1. The van der Waals surface area contributed by atoms with Crippen molar-refractivity contribution >= 4 is 45.2 Å². The van der Waals surface area contributed by atoms with Crippen LogP contribution in [-0.4, -0.2) is 68.3 Å². The highest BCUT2D eigenvalue weighted by Crippen LogP contribution is 2.28. The molecular weight excluding hydrogens is 533 g/mol. The van der Waals surface area contributed by atoms with Crippen LogP contribution in [0, 0.1) is 3.57 Å². The molecule has 5 rings (SSSR count). The summed E-state index contributed by atoms with van der Waals surface area (Å²) >= 11 is 2.29. The lowest BCUT2D eigenvalue weighted by Crippen LogP contribution is -2.49. The molecule has 4 aromatic rings. The van der Waals surface area contributed by atoms with E-state index in [4.69, 9.17) is 4.74 Å². The third-order valence-corrected chi connectivity index (χ3v) is 6.62. The highest BCUT2D eigenvalue weighted by Gasteiger charge is 2.24. The van der Waals surface area contributed by atoms with Crippen LogP contribution in [0.1, 0.15) is 6.92 Å². The van der Waals surface area contributed by atoms with Crippen molar-refractivity contribution in [2.75, 3.05) is 37.7 Å². The Morgan fingerprint density at radius 3 is 2.76 bits per heavy atom. The topological polar surface area (TPSA) is 92.2 Å². The molecule has 1 aliphatic heterocycles. The number of nitrogens with zero attached hydrogens (tertiary/aromatic N) is 6. The summed E-state index contributed by atoms with van der Waals surface area (Å²) in [5, 5.41) is 5.52. The maximum Gasteiger partial charge on any atom is 0.244 e. The lowest BCUT2D eigenvalue weighted by Gasteiger charge is -2.36. The minimum absolute atomic E-state index is 0.0355. The van der Waals surface area contributed by atoms with Crippen molar-refractivity contribution in [3.63, 3.8) is 0 Å². The Balaban J connectivity index is 1.28. The monoisotopic (exact) mass is 557 g/mol. The number of aromatic nitrogens is 5. The molecule has 0 aliphatic carbocycles. The van der Waals surface area contributed by atoms with Gasteiger partial charge in [0.1, 0.15) is 18.0 Å². The van der Waals surface area contributed by atoms with Crippen molar-refractivity contribution in [2.24, 2.45) is 0 Å². The number of piperazine rings is 1. The van der Waals surface area contributed by atoms with Crippen molar-refractivity contribution in [2.45, 2.75) is 13.5 Å². The van der Waals surface area contributed by atoms with Crippen LogP contribution in [0.2, 0.25) is 0 Å². The third-order valence-electron chi connectivity index (χ3n) is 5.73. The van der Waals surface area contributed by atoms with Crippen LogP contribution in [0.15, 0.2) is 48.9 Å². The molecule has 0 spiro atoms. The van der Waals surface area contributed by atoms with E-state index in [1.807, 2.05) is 24.0 Å². The fraction of sp³-hybridized carbons (Fsp3) is 0.304. The van der Waals surface area contributed by atoms with E-state index in [9.17, 15) is 4.79 Å². The van der Waals surface area contributed by atoms with E-state index in [0.717, 1.165) is 33.5 Å². The Labute approximate surface area is 204 Å². The van der Waals surface area contributed by atoms with Crippen molar-refractivity contribution in [1.82, 2.24) is 29.6 Å². The molecule has 33 heavy (non-hydrogen) atoms. The molecule has 0 saturated carbocycles. The molecule has 9 nitrogen and oxygen atoms in total. The van der Waals surface area contributed by atoms with Crippen LogP contribution in [0.4, 0.5) is 5.69 Å². The molecule has 1 aliphatic rings. The van der Waals surface area contributed by atoms with Gasteiger partial charge in [-0.25, -0.2) is 14.6 Å². The van der Waals surface area contributed by atoms with Gasteiger partial charge in [-0.2, -0.15) is 5.10 Å². The zero-order valence-electron chi connectivity index (χ0n) is 18.2. The number of ether oxygens (including phenoxy) is 1. The SMILES string of the molecule is CCOc1cc(N2CCN(C(=O)Cn3nc(-c4ncc[nH]4)c4cccnc43)CC2)ccc1I. The number of imidazole rings is 1. The van der Waals surface area contributed by atoms with Crippen LogP contribution < -0.4 is 9.64 Å². The molecule has 1 fully saturated rings. The highest BCUT2D eigenvalue weighted by atomic mass is 127. The number of fused-ring (bicyclic) bond motifs is 1. The molecule has 10 heteroatoms. The van der Waals surface area contributed by atoms with E-state index in [0.29, 0.717) is 36.9 Å². The second kappa shape index (κ2) is 9.38. The van der Waals surface area contributed by atoms with Gasteiger partial charge in [-0.3, -0.25) is 4.79 Å². The lowest BCUT2D eigenvalue weighted by atomic mass is 10.2. The Bertz CT molecular complexity index is 1260. The first-order valence-corrected chi connectivity index (χ1v) is 12.0. The standard InChI is InChI=1S/C23H24IN7O2/c1-2-33-19-14-16(5-6-18(19)24)29-10-12-30(13-11-29)20(32)15-31-23-17(4-3-7-27-23)21(28-31)22-25-8-9-26-22/h3-9,14H,2,10-13,15H2,1H3,(H,25,26). The zero-order chi connectivity index (χ0) is 22.8. The number of nitrogens with one attached hydrogen (secondary N) is 1. The minimum atomic E-state index is 0.0355. The van der Waals surface area contributed by atoms with Crippen molar-refractivity contribution in [3.05, 3.63) is 52.5 Å². The van der Waals surface area contributed by atoms with Gasteiger partial charge in [0.05, 0.1) is 15.6 Å². The maximum absolute atomic E-state index is 13.1. The first-order valence-electron chi connectivity index (χ1n) is 10.9. The van der Waals surface area contributed by atoms with Gasteiger partial charge < -0.3 is 19.5 Å². The van der Waals surface area contributed by atoms with E-state index < -0.39 is 0 Å². The van der Waals surface area contributed by atoms with E-state index in [-0.39, 0.29) is 12.5 Å². The summed E-state index contributed by atoms with van der Waals surface area (Å²) in [7, 11) is 0. The molecule has 1 aromatic carbocycles. The normalized spacial score (nSPS) is 14.1. The molecule has 0 unspecified atom stereocenters. The highest BCUT2D eigenvalue weighted by molar-refractivity contribution is 14.1. The third kappa shape index (κ3) is 4.39. The van der Waals surface area contributed by atoms with Gasteiger partial charge in [0.25, 0.3) is 0 Å². The minimum Gasteiger partial charge on any atom is -0.493 e. The van der Waals surface area contributed by atoms with Crippen molar-refractivity contribution in [1.29, 1.82) is 0 Å². The second-order valence-corrected chi connectivity index (χ2v) is 8.90.